The highest BCUT2D eigenvalue weighted by Gasteiger charge is 2.27. The van der Waals surface area contributed by atoms with Crippen LogP contribution in [-0.4, -0.2) is 32.4 Å². The molecule has 0 aromatic carbocycles. The number of nitrogens with zero attached hydrogens (tertiary/aromatic N) is 3. The van der Waals surface area contributed by atoms with Gasteiger partial charge in [-0.2, -0.15) is 4.98 Å². The quantitative estimate of drug-likeness (QED) is 0.681. The van der Waals surface area contributed by atoms with Gasteiger partial charge >= 0.3 is 0 Å². The summed E-state index contributed by atoms with van der Waals surface area (Å²) in [6, 6.07) is 1.84. The largest absolute Gasteiger partial charge is 0.394 e. The van der Waals surface area contributed by atoms with Gasteiger partial charge in [0.25, 0.3) is 0 Å². The van der Waals surface area contributed by atoms with Crippen LogP contribution < -0.4 is 0 Å². The molecule has 0 aliphatic carbocycles. The molecule has 1 saturated heterocycles. The number of ether oxygens (including phenoxy) is 1. The maximum absolute atomic E-state index is 9.08. The van der Waals surface area contributed by atoms with Crippen molar-refractivity contribution in [2.45, 2.75) is 25.2 Å². The molecule has 2 atom stereocenters. The van der Waals surface area contributed by atoms with Crippen LogP contribution in [0, 0.1) is 0 Å². The fourth-order valence-electron chi connectivity index (χ4n) is 2.23. The van der Waals surface area contributed by atoms with Crippen LogP contribution >= 0.6 is 23.2 Å². The lowest BCUT2D eigenvalue weighted by Crippen LogP contribution is -2.14. The van der Waals surface area contributed by atoms with E-state index in [4.69, 9.17) is 33.0 Å². The van der Waals surface area contributed by atoms with Gasteiger partial charge in [0.2, 0.25) is 5.28 Å². The number of aromatic nitrogens is 3. The van der Waals surface area contributed by atoms with Gasteiger partial charge in [-0.05, 0) is 30.5 Å². The number of rotatable bonds is 2. The summed E-state index contributed by atoms with van der Waals surface area (Å²) in [6.07, 6.45) is 3.26. The second-order valence-electron chi connectivity index (χ2n) is 4.22. The van der Waals surface area contributed by atoms with Gasteiger partial charge in [0.15, 0.2) is 0 Å². The van der Waals surface area contributed by atoms with E-state index in [1.807, 2.05) is 16.8 Å². The predicted octanol–water partition coefficient (Wildman–Crippen LogP) is 2.41. The Kier molecular flexibility index (Phi) is 3.15. The van der Waals surface area contributed by atoms with Crippen LogP contribution in [-0.2, 0) is 4.74 Å². The number of hydrogen-bond donors (Lipinski definition) is 1. The number of hydrogen-bond acceptors (Lipinski definition) is 4. The van der Waals surface area contributed by atoms with E-state index in [-0.39, 0.29) is 24.2 Å². The first-order valence-electron chi connectivity index (χ1n) is 5.65. The van der Waals surface area contributed by atoms with Crippen molar-refractivity contribution in [1.82, 2.24) is 14.5 Å². The van der Waals surface area contributed by atoms with Gasteiger partial charge in [-0.3, -0.25) is 0 Å². The summed E-state index contributed by atoms with van der Waals surface area (Å²) in [6.45, 7) is 0.0339. The Morgan fingerprint density at radius 2 is 2.22 bits per heavy atom. The Morgan fingerprint density at radius 1 is 1.39 bits per heavy atom. The Labute approximate surface area is 113 Å². The highest BCUT2D eigenvalue weighted by atomic mass is 35.5. The minimum Gasteiger partial charge on any atom is -0.394 e. The molecule has 0 bridgehead atoms. The van der Waals surface area contributed by atoms with E-state index in [2.05, 4.69) is 9.97 Å². The number of halogens is 2. The van der Waals surface area contributed by atoms with E-state index >= 15 is 0 Å². The van der Waals surface area contributed by atoms with Crippen LogP contribution in [0.4, 0.5) is 0 Å². The fraction of sp³-hybridized carbons (Fsp3) is 0.455. The van der Waals surface area contributed by atoms with E-state index in [0.717, 1.165) is 18.2 Å². The molecule has 0 amide bonds. The van der Waals surface area contributed by atoms with Crippen molar-refractivity contribution in [3.8, 4) is 0 Å². The summed E-state index contributed by atoms with van der Waals surface area (Å²) in [5.41, 5.74) is 0.656. The molecule has 1 N–H and O–H groups in total. The highest BCUT2D eigenvalue weighted by Crippen LogP contribution is 2.32. The lowest BCUT2D eigenvalue weighted by Gasteiger charge is -2.14. The van der Waals surface area contributed by atoms with Crippen LogP contribution in [0.3, 0.4) is 0 Å². The van der Waals surface area contributed by atoms with Gasteiger partial charge in [-0.15, -0.1) is 0 Å². The maximum atomic E-state index is 9.08. The van der Waals surface area contributed by atoms with Crippen molar-refractivity contribution in [2.24, 2.45) is 0 Å². The van der Waals surface area contributed by atoms with Crippen LogP contribution in [0.5, 0.6) is 0 Å². The Morgan fingerprint density at radius 3 is 2.94 bits per heavy atom. The summed E-state index contributed by atoms with van der Waals surface area (Å²) in [5.74, 6) is 0. The normalized spacial score (nSPS) is 23.9. The molecule has 1 fully saturated rings. The zero-order valence-electron chi connectivity index (χ0n) is 9.38. The Bertz CT molecular complexity index is 587. The van der Waals surface area contributed by atoms with Crippen molar-refractivity contribution in [1.29, 1.82) is 0 Å². The standard InChI is InChI=1S/C11H11Cl2N3O2/c12-9-7-3-4-16(10(7)15-11(13)14-9)8-2-1-6(5-17)18-8/h3-4,6,8,17H,1-2,5H2. The summed E-state index contributed by atoms with van der Waals surface area (Å²) < 4.78 is 7.59. The molecular weight excluding hydrogens is 277 g/mol. The molecule has 0 spiro atoms. The van der Waals surface area contributed by atoms with E-state index in [9.17, 15) is 0 Å². The van der Waals surface area contributed by atoms with Gasteiger partial charge in [-0.1, -0.05) is 11.6 Å². The maximum Gasteiger partial charge on any atom is 0.225 e. The molecule has 0 saturated carbocycles. The van der Waals surface area contributed by atoms with Gasteiger partial charge in [0, 0.05) is 6.20 Å². The van der Waals surface area contributed by atoms with Crippen molar-refractivity contribution in [3.63, 3.8) is 0 Å². The molecule has 2 aromatic heterocycles. The summed E-state index contributed by atoms with van der Waals surface area (Å²) in [4.78, 5) is 8.08. The van der Waals surface area contributed by atoms with Crippen molar-refractivity contribution in [2.75, 3.05) is 6.61 Å². The first kappa shape index (κ1) is 12.2. The van der Waals surface area contributed by atoms with E-state index in [1.54, 1.807) is 0 Å². The minimum atomic E-state index is -0.137. The number of fused-ring (bicyclic) bond motifs is 1. The van der Waals surface area contributed by atoms with E-state index < -0.39 is 0 Å². The summed E-state index contributed by atoms with van der Waals surface area (Å²) in [7, 11) is 0. The van der Waals surface area contributed by atoms with Gasteiger partial charge in [0.05, 0.1) is 18.1 Å². The summed E-state index contributed by atoms with van der Waals surface area (Å²) >= 11 is 11.8. The molecule has 5 nitrogen and oxygen atoms in total. The molecule has 3 heterocycles. The first-order valence-corrected chi connectivity index (χ1v) is 6.40. The number of aliphatic hydroxyl groups excluding tert-OH is 1. The van der Waals surface area contributed by atoms with Crippen LogP contribution in [0.25, 0.3) is 11.0 Å². The monoisotopic (exact) mass is 287 g/mol. The van der Waals surface area contributed by atoms with E-state index in [1.165, 1.54) is 0 Å². The zero-order valence-corrected chi connectivity index (χ0v) is 10.9. The molecule has 3 rings (SSSR count). The van der Waals surface area contributed by atoms with Crippen molar-refractivity contribution >= 4 is 34.2 Å². The molecule has 96 valence electrons. The average molecular weight is 288 g/mol. The Balaban J connectivity index is 2.03. The number of aliphatic hydroxyl groups is 1. The average Bonchev–Trinajstić information content (AvgIpc) is 2.93. The Hall–Kier alpha value is -0.880. The highest BCUT2D eigenvalue weighted by molar-refractivity contribution is 6.35. The van der Waals surface area contributed by atoms with Crippen LogP contribution in [0.1, 0.15) is 19.1 Å². The molecule has 1 aliphatic heterocycles. The van der Waals surface area contributed by atoms with Crippen molar-refractivity contribution < 1.29 is 9.84 Å². The SMILES string of the molecule is OCC1CCC(n2ccc3c(Cl)nc(Cl)nc32)O1. The lowest BCUT2D eigenvalue weighted by atomic mass is 10.2. The first-order chi connectivity index (χ1) is 8.69. The molecule has 7 heteroatoms. The molecule has 1 aliphatic rings. The smallest absolute Gasteiger partial charge is 0.225 e. The van der Waals surface area contributed by atoms with Gasteiger partial charge in [0.1, 0.15) is 17.0 Å². The molecule has 2 aromatic rings. The van der Waals surface area contributed by atoms with Gasteiger partial charge in [-0.25, -0.2) is 4.98 Å². The lowest BCUT2D eigenvalue weighted by molar-refractivity contribution is -0.0204. The predicted molar refractivity (Wildman–Crippen MR) is 67.8 cm³/mol. The molecule has 18 heavy (non-hydrogen) atoms. The van der Waals surface area contributed by atoms with E-state index in [0.29, 0.717) is 10.8 Å². The van der Waals surface area contributed by atoms with Crippen LogP contribution in [0.2, 0.25) is 10.4 Å². The third-order valence-electron chi connectivity index (χ3n) is 3.10. The fourth-order valence-corrected chi connectivity index (χ4v) is 2.67. The zero-order chi connectivity index (χ0) is 12.7. The van der Waals surface area contributed by atoms with Crippen LogP contribution in [0.15, 0.2) is 12.3 Å². The topological polar surface area (TPSA) is 60.2 Å². The van der Waals surface area contributed by atoms with Gasteiger partial charge < -0.3 is 14.4 Å². The third-order valence-corrected chi connectivity index (χ3v) is 3.55. The third kappa shape index (κ3) is 1.97. The molecule has 2 unspecified atom stereocenters. The molecular formula is C11H11Cl2N3O2. The molecule has 0 radical (unpaired) electrons. The second kappa shape index (κ2) is 4.66. The second-order valence-corrected chi connectivity index (χ2v) is 4.91. The van der Waals surface area contributed by atoms with Crippen molar-refractivity contribution in [3.05, 3.63) is 22.7 Å². The summed E-state index contributed by atoms with van der Waals surface area (Å²) in [5, 5.41) is 10.3. The minimum absolute atomic E-state index is 0.0339.